The first kappa shape index (κ1) is 21.7. The lowest BCUT2D eigenvalue weighted by atomic mass is 10.2. The first-order valence-corrected chi connectivity index (χ1v) is 11.1. The fourth-order valence-corrected chi connectivity index (χ4v) is 4.09. The molecule has 0 aromatic heterocycles. The third-order valence-electron chi connectivity index (χ3n) is 4.01. The Morgan fingerprint density at radius 2 is 1.63 bits per heavy atom. The molecule has 0 fully saturated rings. The third-order valence-corrected chi connectivity index (χ3v) is 5.94. The molecule has 3 aromatic carbocycles. The second-order valence-electron chi connectivity index (χ2n) is 6.16. The SMILES string of the molecule is COc1ccc(NC(=O)OCc2ccccc2)cc1S(=O)(=O)Nc1ccc(Br)cc1. The molecule has 0 radical (unpaired) electrons. The van der Waals surface area contributed by atoms with E-state index < -0.39 is 16.1 Å². The molecule has 0 aliphatic carbocycles. The molecule has 0 aliphatic rings. The van der Waals surface area contributed by atoms with Gasteiger partial charge in [0.05, 0.1) is 7.11 Å². The summed E-state index contributed by atoms with van der Waals surface area (Å²) in [5.74, 6) is 0.141. The van der Waals surface area contributed by atoms with Gasteiger partial charge in [0.2, 0.25) is 0 Å². The first-order chi connectivity index (χ1) is 14.4. The number of sulfonamides is 1. The van der Waals surface area contributed by atoms with E-state index in [-0.39, 0.29) is 22.9 Å². The van der Waals surface area contributed by atoms with Crippen molar-refractivity contribution in [2.45, 2.75) is 11.5 Å². The molecule has 0 aliphatic heterocycles. The van der Waals surface area contributed by atoms with Crippen molar-refractivity contribution in [1.29, 1.82) is 0 Å². The standard InChI is InChI=1S/C21H19BrN2O5S/c1-28-19-12-11-18(23-21(25)29-14-15-5-3-2-4-6-15)13-20(19)30(26,27)24-17-9-7-16(22)8-10-17/h2-13,24H,14H2,1H3,(H,23,25). The van der Waals surface area contributed by atoms with E-state index in [1.54, 1.807) is 24.3 Å². The lowest BCUT2D eigenvalue weighted by Crippen LogP contribution is -2.16. The van der Waals surface area contributed by atoms with Crippen molar-refractivity contribution in [2.75, 3.05) is 17.1 Å². The number of benzene rings is 3. The number of carbonyl (C=O) groups is 1. The van der Waals surface area contributed by atoms with Gasteiger partial charge in [-0.15, -0.1) is 0 Å². The van der Waals surface area contributed by atoms with Crippen LogP contribution in [0.15, 0.2) is 82.2 Å². The van der Waals surface area contributed by atoms with Crippen molar-refractivity contribution in [2.24, 2.45) is 0 Å². The van der Waals surface area contributed by atoms with E-state index in [1.807, 2.05) is 30.3 Å². The van der Waals surface area contributed by atoms with Crippen LogP contribution in [0.1, 0.15) is 5.56 Å². The normalized spacial score (nSPS) is 10.9. The molecular weight excluding hydrogens is 472 g/mol. The number of amides is 1. The summed E-state index contributed by atoms with van der Waals surface area (Å²) in [5, 5.41) is 2.53. The molecule has 9 heteroatoms. The zero-order valence-corrected chi connectivity index (χ0v) is 18.4. The average molecular weight is 491 g/mol. The summed E-state index contributed by atoms with van der Waals surface area (Å²) in [6.45, 7) is 0.0963. The molecule has 156 valence electrons. The molecule has 3 aromatic rings. The van der Waals surface area contributed by atoms with E-state index in [2.05, 4.69) is 26.0 Å². The lowest BCUT2D eigenvalue weighted by Gasteiger charge is -2.14. The molecule has 1 amide bonds. The largest absolute Gasteiger partial charge is 0.495 e. The Hall–Kier alpha value is -3.04. The zero-order valence-electron chi connectivity index (χ0n) is 16.0. The monoisotopic (exact) mass is 490 g/mol. The van der Waals surface area contributed by atoms with Gasteiger partial charge in [0.25, 0.3) is 10.0 Å². The highest BCUT2D eigenvalue weighted by molar-refractivity contribution is 9.10. The maximum Gasteiger partial charge on any atom is 0.411 e. The van der Waals surface area contributed by atoms with Crippen molar-refractivity contribution in [3.05, 3.63) is 82.8 Å². The van der Waals surface area contributed by atoms with Gasteiger partial charge in [-0.1, -0.05) is 46.3 Å². The number of carbonyl (C=O) groups excluding carboxylic acids is 1. The van der Waals surface area contributed by atoms with E-state index >= 15 is 0 Å². The molecule has 0 atom stereocenters. The minimum atomic E-state index is -3.96. The van der Waals surface area contributed by atoms with Crippen LogP contribution in [0.2, 0.25) is 0 Å². The topological polar surface area (TPSA) is 93.7 Å². The van der Waals surface area contributed by atoms with Gasteiger partial charge in [-0.3, -0.25) is 10.0 Å². The second-order valence-corrected chi connectivity index (χ2v) is 8.73. The third kappa shape index (κ3) is 5.74. The highest BCUT2D eigenvalue weighted by atomic mass is 79.9. The quantitative estimate of drug-likeness (QED) is 0.485. The Balaban J connectivity index is 1.75. The van der Waals surface area contributed by atoms with Crippen molar-refractivity contribution in [1.82, 2.24) is 0 Å². The van der Waals surface area contributed by atoms with Gasteiger partial charge >= 0.3 is 6.09 Å². The van der Waals surface area contributed by atoms with Gasteiger partial charge < -0.3 is 9.47 Å². The van der Waals surface area contributed by atoms with Gasteiger partial charge in [-0.05, 0) is 48.0 Å². The van der Waals surface area contributed by atoms with Crippen LogP contribution in [0, 0.1) is 0 Å². The van der Waals surface area contributed by atoms with Gasteiger partial charge in [0.15, 0.2) is 0 Å². The summed E-state index contributed by atoms with van der Waals surface area (Å²) in [4.78, 5) is 12.0. The van der Waals surface area contributed by atoms with Crippen LogP contribution >= 0.6 is 15.9 Å². The van der Waals surface area contributed by atoms with Gasteiger partial charge in [0.1, 0.15) is 17.3 Å². The summed E-state index contributed by atoms with van der Waals surface area (Å²) >= 11 is 3.30. The minimum absolute atomic E-state index is 0.0963. The number of anilines is 2. The Bertz CT molecular complexity index is 1120. The Kier molecular flexibility index (Phi) is 6.96. The van der Waals surface area contributed by atoms with Gasteiger partial charge in [-0.25, -0.2) is 13.2 Å². The van der Waals surface area contributed by atoms with Crippen molar-refractivity contribution < 1.29 is 22.7 Å². The van der Waals surface area contributed by atoms with E-state index in [0.29, 0.717) is 5.69 Å². The molecule has 0 unspecified atom stereocenters. The summed E-state index contributed by atoms with van der Waals surface area (Å²) in [5.41, 5.74) is 1.48. The summed E-state index contributed by atoms with van der Waals surface area (Å²) in [6.07, 6.45) is -0.701. The van der Waals surface area contributed by atoms with Gasteiger partial charge in [0, 0.05) is 15.8 Å². The van der Waals surface area contributed by atoms with Crippen LogP contribution in [-0.4, -0.2) is 21.6 Å². The van der Waals surface area contributed by atoms with Crippen molar-refractivity contribution in [3.8, 4) is 5.75 Å². The molecule has 3 rings (SSSR count). The highest BCUT2D eigenvalue weighted by Gasteiger charge is 2.21. The number of hydrogen-bond donors (Lipinski definition) is 2. The second kappa shape index (κ2) is 9.64. The number of methoxy groups -OCH3 is 1. The number of hydrogen-bond acceptors (Lipinski definition) is 5. The molecule has 2 N–H and O–H groups in total. The summed E-state index contributed by atoms with van der Waals surface area (Å²) in [6, 6.07) is 20.2. The highest BCUT2D eigenvalue weighted by Crippen LogP contribution is 2.29. The Morgan fingerprint density at radius 1 is 0.967 bits per heavy atom. The minimum Gasteiger partial charge on any atom is -0.495 e. The van der Waals surface area contributed by atoms with Crippen LogP contribution in [0.3, 0.4) is 0 Å². The number of rotatable bonds is 7. The summed E-state index contributed by atoms with van der Waals surface area (Å²) in [7, 11) is -2.59. The van der Waals surface area contributed by atoms with Crippen LogP contribution in [0.25, 0.3) is 0 Å². The molecule has 0 heterocycles. The van der Waals surface area contributed by atoms with Crippen LogP contribution in [0.5, 0.6) is 5.75 Å². The molecule has 7 nitrogen and oxygen atoms in total. The predicted octanol–water partition coefficient (Wildman–Crippen LogP) is 5.01. The molecule has 30 heavy (non-hydrogen) atoms. The zero-order chi connectivity index (χ0) is 21.6. The predicted molar refractivity (Wildman–Crippen MR) is 118 cm³/mol. The number of nitrogens with one attached hydrogen (secondary N) is 2. The number of ether oxygens (including phenoxy) is 2. The van der Waals surface area contributed by atoms with E-state index in [1.165, 1.54) is 25.3 Å². The van der Waals surface area contributed by atoms with Gasteiger partial charge in [-0.2, -0.15) is 0 Å². The Labute approximate surface area is 183 Å². The fraction of sp³-hybridized carbons (Fsp3) is 0.0952. The maximum absolute atomic E-state index is 12.9. The van der Waals surface area contributed by atoms with Crippen LogP contribution in [0.4, 0.5) is 16.2 Å². The van der Waals surface area contributed by atoms with Crippen molar-refractivity contribution >= 4 is 43.4 Å². The molecule has 0 saturated carbocycles. The van der Waals surface area contributed by atoms with Crippen molar-refractivity contribution in [3.63, 3.8) is 0 Å². The molecular formula is C21H19BrN2O5S. The molecule has 0 saturated heterocycles. The van der Waals surface area contributed by atoms with E-state index in [0.717, 1.165) is 10.0 Å². The lowest BCUT2D eigenvalue weighted by molar-refractivity contribution is 0.155. The average Bonchev–Trinajstić information content (AvgIpc) is 2.74. The van der Waals surface area contributed by atoms with Crippen LogP contribution < -0.4 is 14.8 Å². The number of halogens is 1. The maximum atomic E-state index is 12.9. The fourth-order valence-electron chi connectivity index (χ4n) is 2.57. The smallest absolute Gasteiger partial charge is 0.411 e. The van der Waals surface area contributed by atoms with Crippen LogP contribution in [-0.2, 0) is 21.4 Å². The van der Waals surface area contributed by atoms with E-state index in [4.69, 9.17) is 9.47 Å². The summed E-state index contributed by atoms with van der Waals surface area (Å²) < 4.78 is 39.4. The Morgan fingerprint density at radius 3 is 2.30 bits per heavy atom. The first-order valence-electron chi connectivity index (χ1n) is 8.81. The molecule has 0 bridgehead atoms. The van der Waals surface area contributed by atoms with E-state index in [9.17, 15) is 13.2 Å². The molecule has 0 spiro atoms.